The second-order valence-electron chi connectivity index (χ2n) is 6.43. The van der Waals surface area contributed by atoms with Crippen LogP contribution in [-0.4, -0.2) is 48.8 Å². The highest BCUT2D eigenvalue weighted by molar-refractivity contribution is 5.92. The Hall–Kier alpha value is -2.66. The van der Waals surface area contributed by atoms with Crippen molar-refractivity contribution in [3.05, 3.63) is 71.3 Å². The van der Waals surface area contributed by atoms with Crippen LogP contribution in [0.1, 0.15) is 21.5 Å². The van der Waals surface area contributed by atoms with Crippen molar-refractivity contribution < 1.29 is 9.59 Å². The average Bonchev–Trinajstić information content (AvgIpc) is 2.60. The number of carbonyl (C=O) groups is 2. The van der Waals surface area contributed by atoms with E-state index in [1.165, 1.54) is 0 Å². The van der Waals surface area contributed by atoms with E-state index in [2.05, 4.69) is 0 Å². The van der Waals surface area contributed by atoms with Crippen molar-refractivity contribution in [3.63, 3.8) is 0 Å². The number of nitrogens with two attached hydrogens (primary N) is 1. The van der Waals surface area contributed by atoms with Crippen molar-refractivity contribution in [1.82, 2.24) is 9.80 Å². The van der Waals surface area contributed by atoms with Gasteiger partial charge in [0.25, 0.3) is 0 Å². The summed E-state index contributed by atoms with van der Waals surface area (Å²) in [6, 6.07) is 16.8. The van der Waals surface area contributed by atoms with E-state index in [9.17, 15) is 9.59 Å². The number of primary amides is 1. The lowest BCUT2D eigenvalue weighted by molar-refractivity contribution is -0.135. The summed E-state index contributed by atoms with van der Waals surface area (Å²) in [5.41, 5.74) is 7.77. The van der Waals surface area contributed by atoms with E-state index in [-0.39, 0.29) is 11.9 Å². The Morgan fingerprint density at radius 2 is 1.60 bits per heavy atom. The maximum absolute atomic E-state index is 12.9. The van der Waals surface area contributed by atoms with Gasteiger partial charge in [-0.05, 0) is 43.8 Å². The van der Waals surface area contributed by atoms with Crippen LogP contribution in [0.25, 0.3) is 0 Å². The van der Waals surface area contributed by atoms with Crippen molar-refractivity contribution in [1.29, 1.82) is 0 Å². The summed E-state index contributed by atoms with van der Waals surface area (Å²) >= 11 is 0. The predicted octanol–water partition coefficient (Wildman–Crippen LogP) is 1.92. The molecule has 0 bridgehead atoms. The molecular weight excluding hydrogens is 314 g/mol. The number of likely N-dealkylation sites (N-methyl/N-ethyl adjacent to an activating group) is 2. The zero-order valence-corrected chi connectivity index (χ0v) is 15.0. The molecule has 2 rings (SSSR count). The minimum atomic E-state index is -0.467. The number of amides is 2. The van der Waals surface area contributed by atoms with Crippen LogP contribution in [0, 0.1) is 0 Å². The van der Waals surface area contributed by atoms with E-state index >= 15 is 0 Å². The molecule has 0 unspecified atom stereocenters. The van der Waals surface area contributed by atoms with Gasteiger partial charge in [-0.15, -0.1) is 0 Å². The fourth-order valence-electron chi connectivity index (χ4n) is 2.76. The molecule has 5 heteroatoms. The molecule has 0 saturated heterocycles. The monoisotopic (exact) mass is 339 g/mol. The molecule has 0 fully saturated rings. The van der Waals surface area contributed by atoms with Crippen molar-refractivity contribution in [2.24, 2.45) is 5.73 Å². The largest absolute Gasteiger partial charge is 0.366 e. The summed E-state index contributed by atoms with van der Waals surface area (Å²) in [5, 5.41) is 0. The number of rotatable bonds is 7. The van der Waals surface area contributed by atoms with Gasteiger partial charge in [0.1, 0.15) is 0 Å². The Morgan fingerprint density at radius 3 is 2.20 bits per heavy atom. The van der Waals surface area contributed by atoms with Gasteiger partial charge >= 0.3 is 0 Å². The number of benzene rings is 2. The highest BCUT2D eigenvalue weighted by atomic mass is 16.2. The van der Waals surface area contributed by atoms with Crippen LogP contribution in [0.5, 0.6) is 0 Å². The SMILES string of the molecule is CN(Cc1cccc(C(N)=O)c1)C(=O)[C@@H](Cc1ccccc1)N(C)C. The molecule has 0 aliphatic rings. The Kier molecular flexibility index (Phi) is 6.31. The fraction of sp³-hybridized carbons (Fsp3) is 0.300. The van der Waals surface area contributed by atoms with Gasteiger partial charge in [-0.2, -0.15) is 0 Å². The standard InChI is InChI=1S/C20H25N3O2/c1-22(2)18(13-15-8-5-4-6-9-15)20(25)23(3)14-16-10-7-11-17(12-16)19(21)24/h4-12,18H,13-14H2,1-3H3,(H2,21,24)/t18-/m1/s1. The van der Waals surface area contributed by atoms with E-state index in [1.54, 1.807) is 30.1 Å². The number of hydrogen-bond donors (Lipinski definition) is 1. The first kappa shape index (κ1) is 18.7. The summed E-state index contributed by atoms with van der Waals surface area (Å²) in [7, 11) is 5.60. The quantitative estimate of drug-likeness (QED) is 0.838. The van der Waals surface area contributed by atoms with Crippen molar-refractivity contribution in [3.8, 4) is 0 Å². The molecule has 0 aliphatic heterocycles. The Labute approximate surface area is 149 Å². The summed E-state index contributed by atoms with van der Waals surface area (Å²) in [6.07, 6.45) is 0.651. The first-order valence-electron chi connectivity index (χ1n) is 8.22. The minimum Gasteiger partial charge on any atom is -0.366 e. The zero-order chi connectivity index (χ0) is 18.4. The average molecular weight is 339 g/mol. The lowest BCUT2D eigenvalue weighted by Crippen LogP contribution is -2.45. The third-order valence-corrected chi connectivity index (χ3v) is 4.19. The smallest absolute Gasteiger partial charge is 0.248 e. The van der Waals surface area contributed by atoms with Crippen LogP contribution in [0.3, 0.4) is 0 Å². The van der Waals surface area contributed by atoms with Gasteiger partial charge in [-0.1, -0.05) is 42.5 Å². The molecule has 2 aromatic carbocycles. The van der Waals surface area contributed by atoms with E-state index in [1.807, 2.05) is 55.4 Å². The Bertz CT molecular complexity index is 729. The molecule has 5 nitrogen and oxygen atoms in total. The van der Waals surface area contributed by atoms with E-state index in [0.29, 0.717) is 18.5 Å². The minimum absolute atomic E-state index is 0.0401. The molecule has 132 valence electrons. The summed E-state index contributed by atoms with van der Waals surface area (Å²) in [5.74, 6) is -0.426. The van der Waals surface area contributed by atoms with Gasteiger partial charge in [-0.25, -0.2) is 0 Å². The van der Waals surface area contributed by atoms with Crippen LogP contribution in [0.4, 0.5) is 0 Å². The maximum atomic E-state index is 12.9. The van der Waals surface area contributed by atoms with Crippen LogP contribution in [0.2, 0.25) is 0 Å². The lowest BCUT2D eigenvalue weighted by atomic mass is 10.0. The summed E-state index contributed by atoms with van der Waals surface area (Å²) in [6.45, 7) is 0.430. The molecule has 0 saturated carbocycles. The summed E-state index contributed by atoms with van der Waals surface area (Å²) in [4.78, 5) is 27.8. The van der Waals surface area contributed by atoms with Crippen molar-refractivity contribution in [2.45, 2.75) is 19.0 Å². The second kappa shape index (κ2) is 8.44. The van der Waals surface area contributed by atoms with Crippen molar-refractivity contribution >= 4 is 11.8 Å². The molecule has 2 amide bonds. The van der Waals surface area contributed by atoms with E-state index < -0.39 is 5.91 Å². The van der Waals surface area contributed by atoms with Gasteiger partial charge in [0, 0.05) is 19.2 Å². The molecular formula is C20H25N3O2. The molecule has 0 heterocycles. The molecule has 25 heavy (non-hydrogen) atoms. The van der Waals surface area contributed by atoms with Crippen LogP contribution in [-0.2, 0) is 17.8 Å². The predicted molar refractivity (Wildman–Crippen MR) is 99.1 cm³/mol. The Morgan fingerprint density at radius 1 is 0.960 bits per heavy atom. The Balaban J connectivity index is 2.10. The van der Waals surface area contributed by atoms with Gasteiger partial charge in [0.15, 0.2) is 0 Å². The lowest BCUT2D eigenvalue weighted by Gasteiger charge is -2.28. The molecule has 0 aromatic heterocycles. The van der Waals surface area contributed by atoms with Crippen molar-refractivity contribution in [2.75, 3.05) is 21.1 Å². The molecule has 0 radical (unpaired) electrons. The third kappa shape index (κ3) is 5.16. The molecule has 2 N–H and O–H groups in total. The number of nitrogens with zero attached hydrogens (tertiary/aromatic N) is 2. The van der Waals surface area contributed by atoms with Crippen LogP contribution < -0.4 is 5.73 Å². The molecule has 0 spiro atoms. The second-order valence-corrected chi connectivity index (χ2v) is 6.43. The van der Waals surface area contributed by atoms with E-state index in [4.69, 9.17) is 5.73 Å². The fourth-order valence-corrected chi connectivity index (χ4v) is 2.76. The van der Waals surface area contributed by atoms with E-state index in [0.717, 1.165) is 11.1 Å². The highest BCUT2D eigenvalue weighted by Crippen LogP contribution is 2.12. The zero-order valence-electron chi connectivity index (χ0n) is 15.0. The third-order valence-electron chi connectivity index (χ3n) is 4.19. The first-order chi connectivity index (χ1) is 11.9. The van der Waals surface area contributed by atoms with Gasteiger partial charge in [-0.3, -0.25) is 14.5 Å². The van der Waals surface area contributed by atoms with Crippen LogP contribution >= 0.6 is 0 Å². The maximum Gasteiger partial charge on any atom is 0.248 e. The topological polar surface area (TPSA) is 66.6 Å². The summed E-state index contributed by atoms with van der Waals surface area (Å²) < 4.78 is 0. The van der Waals surface area contributed by atoms with Gasteiger partial charge in [0.2, 0.25) is 11.8 Å². The van der Waals surface area contributed by atoms with Gasteiger partial charge in [0.05, 0.1) is 6.04 Å². The van der Waals surface area contributed by atoms with Crippen LogP contribution in [0.15, 0.2) is 54.6 Å². The molecule has 0 aliphatic carbocycles. The molecule has 1 atom stereocenters. The number of carbonyl (C=O) groups excluding carboxylic acids is 2. The first-order valence-corrected chi connectivity index (χ1v) is 8.22. The normalized spacial score (nSPS) is 12.0. The number of hydrogen-bond acceptors (Lipinski definition) is 3. The van der Waals surface area contributed by atoms with Gasteiger partial charge < -0.3 is 10.6 Å². The highest BCUT2D eigenvalue weighted by Gasteiger charge is 2.24. The molecule has 2 aromatic rings.